The summed E-state index contributed by atoms with van der Waals surface area (Å²) in [5, 5.41) is 5.99. The van der Waals surface area contributed by atoms with E-state index >= 15 is 0 Å². The lowest BCUT2D eigenvalue weighted by Crippen LogP contribution is -2.42. The van der Waals surface area contributed by atoms with Crippen LogP contribution in [-0.2, 0) is 6.42 Å². The lowest BCUT2D eigenvalue weighted by Gasteiger charge is -2.29. The molecule has 1 aliphatic carbocycles. The Labute approximate surface area is 95.9 Å². The van der Waals surface area contributed by atoms with E-state index in [2.05, 4.69) is 22.8 Å². The van der Waals surface area contributed by atoms with Crippen molar-refractivity contribution < 1.29 is 0 Å². The highest BCUT2D eigenvalue weighted by molar-refractivity contribution is 7.09. The third kappa shape index (κ3) is 1.98. The number of hydrogen-bond donors (Lipinski definition) is 1. The SMILES string of the molecule is c1csc(CCC2(C3CC3)CCCN2)c1. The van der Waals surface area contributed by atoms with Gasteiger partial charge in [0.15, 0.2) is 0 Å². The first-order chi connectivity index (χ1) is 7.39. The van der Waals surface area contributed by atoms with E-state index in [1.807, 2.05) is 11.3 Å². The summed E-state index contributed by atoms with van der Waals surface area (Å²) in [6, 6.07) is 4.45. The predicted octanol–water partition coefficient (Wildman–Crippen LogP) is 3.21. The van der Waals surface area contributed by atoms with Crippen molar-refractivity contribution in [2.75, 3.05) is 6.54 Å². The zero-order valence-electron chi connectivity index (χ0n) is 9.17. The van der Waals surface area contributed by atoms with Crippen LogP contribution in [-0.4, -0.2) is 12.1 Å². The molecule has 0 aromatic carbocycles. The molecule has 0 amide bonds. The van der Waals surface area contributed by atoms with Crippen molar-refractivity contribution in [1.82, 2.24) is 5.32 Å². The highest BCUT2D eigenvalue weighted by Crippen LogP contribution is 2.46. The van der Waals surface area contributed by atoms with Crippen LogP contribution in [0.15, 0.2) is 17.5 Å². The first-order valence-corrected chi connectivity index (χ1v) is 7.04. The molecule has 1 atom stereocenters. The van der Waals surface area contributed by atoms with Gasteiger partial charge in [0.05, 0.1) is 0 Å². The summed E-state index contributed by atoms with van der Waals surface area (Å²) in [5.74, 6) is 1.000. The zero-order chi connectivity index (χ0) is 10.1. The van der Waals surface area contributed by atoms with E-state index in [-0.39, 0.29) is 0 Å². The van der Waals surface area contributed by atoms with Gasteiger partial charge in [-0.05, 0) is 62.4 Å². The fourth-order valence-corrected chi connectivity index (χ4v) is 3.74. The maximum Gasteiger partial charge on any atom is 0.0213 e. The lowest BCUT2D eigenvalue weighted by atomic mass is 9.86. The van der Waals surface area contributed by atoms with Gasteiger partial charge in [-0.15, -0.1) is 11.3 Å². The van der Waals surface area contributed by atoms with Gasteiger partial charge >= 0.3 is 0 Å². The predicted molar refractivity (Wildman–Crippen MR) is 65.3 cm³/mol. The minimum atomic E-state index is 0.532. The first-order valence-electron chi connectivity index (χ1n) is 6.16. The van der Waals surface area contributed by atoms with Crippen LogP contribution >= 0.6 is 11.3 Å². The fraction of sp³-hybridized carbons (Fsp3) is 0.692. The van der Waals surface area contributed by atoms with Gasteiger partial charge in [0.25, 0.3) is 0 Å². The Morgan fingerprint density at radius 2 is 2.40 bits per heavy atom. The van der Waals surface area contributed by atoms with Crippen molar-refractivity contribution in [2.45, 2.75) is 44.1 Å². The average Bonchev–Trinajstić information content (AvgIpc) is 2.83. The van der Waals surface area contributed by atoms with E-state index in [9.17, 15) is 0 Å². The summed E-state index contributed by atoms with van der Waals surface area (Å²) >= 11 is 1.91. The monoisotopic (exact) mass is 221 g/mol. The molecule has 2 heteroatoms. The molecule has 1 saturated carbocycles. The van der Waals surface area contributed by atoms with Gasteiger partial charge in [0.2, 0.25) is 0 Å². The van der Waals surface area contributed by atoms with Crippen LogP contribution in [0.1, 0.15) is 37.0 Å². The minimum absolute atomic E-state index is 0.532. The van der Waals surface area contributed by atoms with Crippen molar-refractivity contribution in [3.8, 4) is 0 Å². The van der Waals surface area contributed by atoms with Gasteiger partial charge < -0.3 is 5.32 Å². The van der Waals surface area contributed by atoms with Crippen molar-refractivity contribution in [3.63, 3.8) is 0 Å². The Bertz CT molecular complexity index is 307. The van der Waals surface area contributed by atoms with E-state index in [0.29, 0.717) is 5.54 Å². The van der Waals surface area contributed by atoms with Gasteiger partial charge in [-0.1, -0.05) is 6.07 Å². The Kier molecular flexibility index (Phi) is 2.57. The molecule has 1 N–H and O–H groups in total. The maximum atomic E-state index is 3.80. The van der Waals surface area contributed by atoms with Crippen molar-refractivity contribution in [3.05, 3.63) is 22.4 Å². The molecule has 1 aromatic heterocycles. The molecular formula is C13H19NS. The first kappa shape index (κ1) is 9.86. The third-order valence-corrected chi connectivity index (χ3v) is 4.97. The van der Waals surface area contributed by atoms with E-state index in [1.165, 1.54) is 45.1 Å². The molecule has 3 rings (SSSR count). The van der Waals surface area contributed by atoms with E-state index in [0.717, 1.165) is 5.92 Å². The van der Waals surface area contributed by atoms with Gasteiger partial charge in [0.1, 0.15) is 0 Å². The minimum Gasteiger partial charge on any atom is -0.311 e. The van der Waals surface area contributed by atoms with Crippen LogP contribution in [0.5, 0.6) is 0 Å². The lowest BCUT2D eigenvalue weighted by molar-refractivity contribution is 0.303. The number of aryl methyl sites for hydroxylation is 1. The van der Waals surface area contributed by atoms with E-state index < -0.39 is 0 Å². The molecule has 2 heterocycles. The topological polar surface area (TPSA) is 12.0 Å². The summed E-state index contributed by atoms with van der Waals surface area (Å²) in [6.45, 7) is 1.25. The van der Waals surface area contributed by atoms with Gasteiger partial charge in [-0.25, -0.2) is 0 Å². The van der Waals surface area contributed by atoms with E-state index in [4.69, 9.17) is 0 Å². The summed E-state index contributed by atoms with van der Waals surface area (Å²) in [7, 11) is 0. The second-order valence-corrected chi connectivity index (χ2v) is 6.07. The summed E-state index contributed by atoms with van der Waals surface area (Å²) in [5.41, 5.74) is 0.532. The summed E-state index contributed by atoms with van der Waals surface area (Å²) in [4.78, 5) is 1.56. The second-order valence-electron chi connectivity index (χ2n) is 5.04. The quantitative estimate of drug-likeness (QED) is 0.823. The van der Waals surface area contributed by atoms with E-state index in [1.54, 1.807) is 4.88 Å². The smallest absolute Gasteiger partial charge is 0.0213 e. The van der Waals surface area contributed by atoms with Gasteiger partial charge in [0, 0.05) is 10.4 Å². The molecule has 1 nitrogen and oxygen atoms in total. The van der Waals surface area contributed by atoms with Crippen LogP contribution in [0.25, 0.3) is 0 Å². The highest BCUT2D eigenvalue weighted by Gasteiger charge is 2.45. The molecule has 1 aromatic rings. The highest BCUT2D eigenvalue weighted by atomic mass is 32.1. The molecule has 15 heavy (non-hydrogen) atoms. The van der Waals surface area contributed by atoms with Crippen LogP contribution < -0.4 is 5.32 Å². The molecule has 1 saturated heterocycles. The normalized spacial score (nSPS) is 30.9. The van der Waals surface area contributed by atoms with Crippen molar-refractivity contribution in [2.24, 2.45) is 5.92 Å². The molecule has 2 aliphatic rings. The molecule has 0 radical (unpaired) electrons. The van der Waals surface area contributed by atoms with Crippen LogP contribution in [0.2, 0.25) is 0 Å². The van der Waals surface area contributed by atoms with Gasteiger partial charge in [-0.3, -0.25) is 0 Å². The maximum absolute atomic E-state index is 3.80. The standard InChI is InChI=1S/C13H19NS/c1-3-12(15-10-1)6-8-13(11-4-5-11)7-2-9-14-13/h1,3,10-11,14H,2,4-9H2. The van der Waals surface area contributed by atoms with Crippen LogP contribution in [0.3, 0.4) is 0 Å². The average molecular weight is 221 g/mol. The zero-order valence-corrected chi connectivity index (χ0v) is 9.98. The fourth-order valence-electron chi connectivity index (χ4n) is 3.03. The van der Waals surface area contributed by atoms with Crippen LogP contribution in [0.4, 0.5) is 0 Å². The number of hydrogen-bond acceptors (Lipinski definition) is 2. The molecule has 82 valence electrons. The number of rotatable bonds is 4. The number of thiophene rings is 1. The Morgan fingerprint density at radius 1 is 1.47 bits per heavy atom. The van der Waals surface area contributed by atoms with Crippen molar-refractivity contribution >= 4 is 11.3 Å². The Balaban J connectivity index is 1.64. The summed E-state index contributed by atoms with van der Waals surface area (Å²) < 4.78 is 0. The van der Waals surface area contributed by atoms with Crippen LogP contribution in [0, 0.1) is 5.92 Å². The van der Waals surface area contributed by atoms with Crippen molar-refractivity contribution in [1.29, 1.82) is 0 Å². The molecule has 2 fully saturated rings. The largest absolute Gasteiger partial charge is 0.311 e. The Morgan fingerprint density at radius 3 is 3.00 bits per heavy atom. The molecule has 1 unspecified atom stereocenters. The Hall–Kier alpha value is -0.340. The molecule has 1 aliphatic heterocycles. The molecule has 0 spiro atoms. The number of nitrogens with one attached hydrogen (secondary N) is 1. The second kappa shape index (κ2) is 3.91. The van der Waals surface area contributed by atoms with Gasteiger partial charge in [-0.2, -0.15) is 0 Å². The molecule has 0 bridgehead atoms. The molecular weight excluding hydrogens is 202 g/mol. The third-order valence-electron chi connectivity index (χ3n) is 4.03. The summed E-state index contributed by atoms with van der Waals surface area (Å²) in [6.07, 6.45) is 8.39.